The Bertz CT molecular complexity index is 709. The lowest BCUT2D eigenvalue weighted by atomic mass is 10.1. The normalized spacial score (nSPS) is 17.3. The fourth-order valence-corrected chi connectivity index (χ4v) is 2.76. The van der Waals surface area contributed by atoms with Crippen LogP contribution in [0.4, 0.5) is 0 Å². The van der Waals surface area contributed by atoms with E-state index in [1.54, 1.807) is 6.20 Å². The number of ether oxygens (including phenoxy) is 2. The molecule has 0 aliphatic carbocycles. The van der Waals surface area contributed by atoms with E-state index < -0.39 is 0 Å². The highest BCUT2D eigenvalue weighted by atomic mass is 16.5. The van der Waals surface area contributed by atoms with Crippen molar-refractivity contribution < 1.29 is 9.47 Å². The topological polar surface area (TPSA) is 83.6 Å². The second-order valence-corrected chi connectivity index (χ2v) is 6.35. The molecular formula is C19H27N5O2. The van der Waals surface area contributed by atoms with Crippen molar-refractivity contribution in [2.24, 2.45) is 4.99 Å². The first-order chi connectivity index (χ1) is 12.7. The van der Waals surface area contributed by atoms with Crippen LogP contribution in [0.2, 0.25) is 0 Å². The third kappa shape index (κ3) is 5.23. The number of guanidine groups is 1. The van der Waals surface area contributed by atoms with Gasteiger partial charge in [0.05, 0.1) is 32.0 Å². The summed E-state index contributed by atoms with van der Waals surface area (Å²) in [4.78, 5) is 4.70. The first-order valence-corrected chi connectivity index (χ1v) is 9.09. The molecule has 2 aromatic rings. The van der Waals surface area contributed by atoms with Crippen molar-refractivity contribution >= 4 is 5.96 Å². The van der Waals surface area contributed by atoms with E-state index in [1.807, 2.05) is 13.0 Å². The fourth-order valence-electron chi connectivity index (χ4n) is 2.76. The van der Waals surface area contributed by atoms with Gasteiger partial charge in [-0.3, -0.25) is 5.10 Å². The number of hydrogen-bond donors (Lipinski definition) is 3. The molecule has 1 aliphatic heterocycles. The zero-order valence-corrected chi connectivity index (χ0v) is 15.4. The minimum Gasteiger partial charge on any atom is -0.488 e. The van der Waals surface area contributed by atoms with Crippen LogP contribution >= 0.6 is 0 Å². The van der Waals surface area contributed by atoms with Crippen LogP contribution in [0.5, 0.6) is 5.75 Å². The Balaban J connectivity index is 1.67. The molecule has 3 rings (SSSR count). The quantitative estimate of drug-likeness (QED) is 0.522. The minimum atomic E-state index is 0.131. The van der Waals surface area contributed by atoms with E-state index in [4.69, 9.17) is 14.5 Å². The summed E-state index contributed by atoms with van der Waals surface area (Å²) in [5.74, 6) is 1.66. The third-order valence-corrected chi connectivity index (χ3v) is 4.16. The Morgan fingerprint density at radius 2 is 2.31 bits per heavy atom. The first-order valence-electron chi connectivity index (χ1n) is 9.09. The van der Waals surface area contributed by atoms with Crippen LogP contribution in [0.3, 0.4) is 0 Å². The Labute approximate surface area is 154 Å². The summed E-state index contributed by atoms with van der Waals surface area (Å²) >= 11 is 0. The number of nitrogens with zero attached hydrogens (tertiary/aromatic N) is 2. The highest BCUT2D eigenvalue weighted by molar-refractivity contribution is 5.79. The molecule has 140 valence electrons. The summed E-state index contributed by atoms with van der Waals surface area (Å²) in [7, 11) is 0. The molecule has 0 spiro atoms. The highest BCUT2D eigenvalue weighted by Crippen LogP contribution is 2.24. The van der Waals surface area contributed by atoms with Crippen molar-refractivity contribution in [3.8, 4) is 5.75 Å². The molecule has 1 saturated heterocycles. The maximum absolute atomic E-state index is 6.15. The second-order valence-electron chi connectivity index (χ2n) is 6.35. The molecule has 1 aromatic carbocycles. The van der Waals surface area contributed by atoms with Gasteiger partial charge >= 0.3 is 0 Å². The predicted molar refractivity (Wildman–Crippen MR) is 101 cm³/mol. The van der Waals surface area contributed by atoms with Crippen LogP contribution in [0.1, 0.15) is 30.2 Å². The van der Waals surface area contributed by atoms with Crippen LogP contribution in [-0.4, -0.2) is 42.0 Å². The van der Waals surface area contributed by atoms with Crippen molar-refractivity contribution in [1.82, 2.24) is 20.8 Å². The number of rotatable bonds is 7. The number of aromatic nitrogens is 2. The zero-order valence-electron chi connectivity index (χ0n) is 15.4. The molecule has 1 aliphatic rings. The van der Waals surface area contributed by atoms with E-state index in [-0.39, 0.29) is 6.10 Å². The molecular weight excluding hydrogens is 330 g/mol. The van der Waals surface area contributed by atoms with Gasteiger partial charge in [-0.05, 0) is 31.5 Å². The molecule has 1 atom stereocenters. The van der Waals surface area contributed by atoms with Crippen LogP contribution in [0.25, 0.3) is 0 Å². The smallest absolute Gasteiger partial charge is 0.191 e. The highest BCUT2D eigenvalue weighted by Gasteiger charge is 2.18. The summed E-state index contributed by atoms with van der Waals surface area (Å²) in [5.41, 5.74) is 3.26. The summed E-state index contributed by atoms with van der Waals surface area (Å²) in [5, 5.41) is 13.5. The largest absolute Gasteiger partial charge is 0.488 e. The summed E-state index contributed by atoms with van der Waals surface area (Å²) < 4.78 is 11.6. The minimum absolute atomic E-state index is 0.131. The molecule has 26 heavy (non-hydrogen) atoms. The molecule has 0 amide bonds. The molecule has 7 nitrogen and oxygen atoms in total. The lowest BCUT2D eigenvalue weighted by Gasteiger charge is -2.16. The predicted octanol–water partition coefficient (Wildman–Crippen LogP) is 2.14. The van der Waals surface area contributed by atoms with Crippen molar-refractivity contribution in [3.05, 3.63) is 47.3 Å². The number of aliphatic imine (C=N–C) groups is 1. The van der Waals surface area contributed by atoms with Crippen molar-refractivity contribution in [2.45, 2.75) is 39.5 Å². The number of benzene rings is 1. The maximum atomic E-state index is 6.15. The van der Waals surface area contributed by atoms with Gasteiger partial charge in [0.1, 0.15) is 11.9 Å². The van der Waals surface area contributed by atoms with Gasteiger partial charge in [0.15, 0.2) is 5.96 Å². The maximum Gasteiger partial charge on any atom is 0.191 e. The Hall–Kier alpha value is -2.54. The Morgan fingerprint density at radius 3 is 3.04 bits per heavy atom. The molecule has 0 bridgehead atoms. The average Bonchev–Trinajstić information content (AvgIpc) is 3.32. The van der Waals surface area contributed by atoms with Crippen LogP contribution in [0.15, 0.2) is 35.5 Å². The lowest BCUT2D eigenvalue weighted by molar-refractivity contribution is 0.140. The summed E-state index contributed by atoms with van der Waals surface area (Å²) in [6.45, 7) is 7.53. The number of hydrogen-bond acceptors (Lipinski definition) is 4. The van der Waals surface area contributed by atoms with E-state index in [0.29, 0.717) is 19.7 Å². The molecule has 2 heterocycles. The van der Waals surface area contributed by atoms with E-state index in [2.05, 4.69) is 46.0 Å². The second kappa shape index (κ2) is 9.24. The number of H-pyrrole nitrogens is 1. The van der Waals surface area contributed by atoms with Gasteiger partial charge in [0, 0.05) is 24.7 Å². The van der Waals surface area contributed by atoms with Gasteiger partial charge in [-0.15, -0.1) is 0 Å². The van der Waals surface area contributed by atoms with E-state index in [1.165, 1.54) is 5.56 Å². The molecule has 3 N–H and O–H groups in total. The number of nitrogens with one attached hydrogen (secondary N) is 3. The van der Waals surface area contributed by atoms with E-state index in [0.717, 1.165) is 42.5 Å². The monoisotopic (exact) mass is 357 g/mol. The number of aromatic amines is 1. The van der Waals surface area contributed by atoms with Crippen LogP contribution in [0, 0.1) is 6.92 Å². The molecule has 1 unspecified atom stereocenters. The zero-order chi connectivity index (χ0) is 18.2. The average molecular weight is 357 g/mol. The van der Waals surface area contributed by atoms with Gasteiger partial charge in [0.2, 0.25) is 0 Å². The van der Waals surface area contributed by atoms with Crippen molar-refractivity contribution in [2.75, 3.05) is 19.8 Å². The van der Waals surface area contributed by atoms with Gasteiger partial charge in [0.25, 0.3) is 0 Å². The van der Waals surface area contributed by atoms with Gasteiger partial charge in [-0.25, -0.2) is 4.99 Å². The molecule has 1 aromatic heterocycles. The van der Waals surface area contributed by atoms with Gasteiger partial charge < -0.3 is 20.1 Å². The molecule has 1 fully saturated rings. The van der Waals surface area contributed by atoms with Crippen molar-refractivity contribution in [1.29, 1.82) is 0 Å². The van der Waals surface area contributed by atoms with Gasteiger partial charge in [-0.1, -0.05) is 12.1 Å². The molecule has 7 heteroatoms. The van der Waals surface area contributed by atoms with Gasteiger partial charge in [-0.2, -0.15) is 5.10 Å². The Kier molecular flexibility index (Phi) is 6.49. The fraction of sp³-hybridized carbons (Fsp3) is 0.474. The first kappa shape index (κ1) is 18.3. The van der Waals surface area contributed by atoms with E-state index in [9.17, 15) is 0 Å². The van der Waals surface area contributed by atoms with Crippen molar-refractivity contribution in [3.63, 3.8) is 0 Å². The molecule has 0 saturated carbocycles. The van der Waals surface area contributed by atoms with Crippen LogP contribution < -0.4 is 15.4 Å². The summed E-state index contributed by atoms with van der Waals surface area (Å²) in [6.07, 6.45) is 2.81. The SMILES string of the molecule is CCNC(=NCc1ccc(C)cc1OC1CCOC1)NCc1ccn[nH]1. The lowest BCUT2D eigenvalue weighted by Crippen LogP contribution is -2.36. The standard InChI is InChI=1S/C19H27N5O2/c1-3-20-19(22-12-16-6-8-23-24-16)21-11-15-5-4-14(2)10-18(15)26-17-7-9-25-13-17/h4-6,8,10,17H,3,7,9,11-13H2,1-2H3,(H,23,24)(H2,20,21,22). The van der Waals surface area contributed by atoms with Crippen LogP contribution in [-0.2, 0) is 17.8 Å². The number of aryl methyl sites for hydroxylation is 1. The van der Waals surface area contributed by atoms with E-state index >= 15 is 0 Å². The third-order valence-electron chi connectivity index (χ3n) is 4.16. The summed E-state index contributed by atoms with van der Waals surface area (Å²) in [6, 6.07) is 8.19. The Morgan fingerprint density at radius 1 is 1.38 bits per heavy atom. The molecule has 0 radical (unpaired) electrons.